The minimum Gasteiger partial charge on any atom is -0.467 e. The van der Waals surface area contributed by atoms with Gasteiger partial charge < -0.3 is 19.8 Å². The predicted octanol–water partition coefficient (Wildman–Crippen LogP) is 7.20. The molecule has 238 valence electrons. The van der Waals surface area contributed by atoms with Crippen LogP contribution in [0.4, 0.5) is 33.7 Å². The first-order valence-corrected chi connectivity index (χ1v) is 14.7. The van der Waals surface area contributed by atoms with Crippen LogP contribution >= 0.6 is 11.8 Å². The first kappa shape index (κ1) is 32.3. The summed E-state index contributed by atoms with van der Waals surface area (Å²) in [7, 11) is 0. The van der Waals surface area contributed by atoms with E-state index in [1.165, 1.54) is 18.1 Å². The van der Waals surface area contributed by atoms with Crippen molar-refractivity contribution in [3.8, 4) is 0 Å². The van der Waals surface area contributed by atoms with Gasteiger partial charge in [-0.2, -0.15) is 13.2 Å². The molecule has 3 aromatic carbocycles. The number of ether oxygens (including phenoxy) is 1. The fourth-order valence-corrected chi connectivity index (χ4v) is 5.54. The Morgan fingerprint density at radius 3 is 2.46 bits per heavy atom. The van der Waals surface area contributed by atoms with E-state index in [2.05, 4.69) is 15.6 Å². The van der Waals surface area contributed by atoms with Crippen LogP contribution in [0.3, 0.4) is 0 Å². The standard InChI is InChI=1S/C32H26F4N4O5S/c1-19(37-31(43)45-18-20-6-3-2-4-7-20)28(41)38-22-11-9-21(10-12-22)27-29(42)40(17-24-8-5-15-44-24)30(46-27)39-23-13-14-26(33)25(16-23)32(34,35)36/h2-16,19,27H,17-18H2,1H3,(H,37,43)(H,38,41)/t19-,27?/m0/s1. The van der Waals surface area contributed by atoms with Gasteiger partial charge in [0.2, 0.25) is 11.8 Å². The largest absolute Gasteiger partial charge is 0.467 e. The van der Waals surface area contributed by atoms with Gasteiger partial charge in [-0.05, 0) is 60.5 Å². The molecule has 4 aromatic rings. The Morgan fingerprint density at radius 2 is 1.78 bits per heavy atom. The molecule has 0 bridgehead atoms. The van der Waals surface area contributed by atoms with Crippen molar-refractivity contribution >= 4 is 46.2 Å². The second kappa shape index (κ2) is 13.9. The number of hydrogen-bond acceptors (Lipinski definition) is 7. The van der Waals surface area contributed by atoms with Gasteiger partial charge in [0.1, 0.15) is 29.5 Å². The van der Waals surface area contributed by atoms with E-state index in [4.69, 9.17) is 9.15 Å². The van der Waals surface area contributed by atoms with Gasteiger partial charge in [0.25, 0.3) is 0 Å². The van der Waals surface area contributed by atoms with E-state index >= 15 is 0 Å². The number of carbonyl (C=O) groups excluding carboxylic acids is 3. The van der Waals surface area contributed by atoms with Gasteiger partial charge in [0.05, 0.1) is 24.1 Å². The highest BCUT2D eigenvalue weighted by molar-refractivity contribution is 8.15. The molecule has 1 saturated heterocycles. The minimum atomic E-state index is -4.92. The first-order valence-electron chi connectivity index (χ1n) is 13.8. The first-order chi connectivity index (χ1) is 22.0. The zero-order chi connectivity index (χ0) is 32.8. The predicted molar refractivity (Wildman–Crippen MR) is 162 cm³/mol. The lowest BCUT2D eigenvalue weighted by molar-refractivity contribution is -0.140. The number of benzene rings is 3. The molecule has 9 nitrogen and oxygen atoms in total. The number of aliphatic imine (C=N–C) groups is 1. The number of furan rings is 1. The van der Waals surface area contributed by atoms with E-state index in [0.29, 0.717) is 29.1 Å². The molecule has 3 amide bonds. The fourth-order valence-electron chi connectivity index (χ4n) is 4.37. The monoisotopic (exact) mass is 654 g/mol. The molecule has 2 N–H and O–H groups in total. The highest BCUT2D eigenvalue weighted by Crippen LogP contribution is 2.42. The van der Waals surface area contributed by atoms with Gasteiger partial charge in [-0.15, -0.1) is 0 Å². The maximum atomic E-state index is 13.9. The van der Waals surface area contributed by atoms with Gasteiger partial charge in [-0.3, -0.25) is 14.5 Å². The molecule has 1 fully saturated rings. The zero-order valence-corrected chi connectivity index (χ0v) is 24.9. The van der Waals surface area contributed by atoms with Gasteiger partial charge in [-0.25, -0.2) is 14.2 Å². The molecule has 1 aliphatic rings. The van der Waals surface area contributed by atoms with Crippen molar-refractivity contribution in [3.05, 3.63) is 119 Å². The van der Waals surface area contributed by atoms with Crippen LogP contribution in [-0.2, 0) is 33.7 Å². The molecule has 46 heavy (non-hydrogen) atoms. The quantitative estimate of drug-likeness (QED) is 0.185. The number of amides is 3. The molecule has 1 aliphatic heterocycles. The van der Waals surface area contributed by atoms with Crippen molar-refractivity contribution in [2.24, 2.45) is 4.99 Å². The summed E-state index contributed by atoms with van der Waals surface area (Å²) in [5.74, 6) is -1.92. The summed E-state index contributed by atoms with van der Waals surface area (Å²) in [6, 6.07) is 20.1. The van der Waals surface area contributed by atoms with Crippen LogP contribution in [0, 0.1) is 5.82 Å². The van der Waals surface area contributed by atoms with Crippen LogP contribution in [0.2, 0.25) is 0 Å². The lowest BCUT2D eigenvalue weighted by Crippen LogP contribution is -2.41. The van der Waals surface area contributed by atoms with Crippen LogP contribution in [0.15, 0.2) is 101 Å². The molecule has 0 radical (unpaired) electrons. The molecular formula is C32H26F4N4O5S. The van der Waals surface area contributed by atoms with E-state index in [-0.39, 0.29) is 24.0 Å². The third kappa shape index (κ3) is 7.93. The van der Waals surface area contributed by atoms with E-state index in [9.17, 15) is 31.9 Å². The molecule has 2 heterocycles. The third-order valence-electron chi connectivity index (χ3n) is 6.74. The molecule has 0 aliphatic carbocycles. The van der Waals surface area contributed by atoms with Gasteiger partial charge in [-0.1, -0.05) is 54.2 Å². The number of amidine groups is 1. The molecule has 2 atom stereocenters. The molecular weight excluding hydrogens is 628 g/mol. The van der Waals surface area contributed by atoms with Crippen LogP contribution in [-0.4, -0.2) is 34.0 Å². The fraction of sp³-hybridized carbons (Fsp3) is 0.188. The molecule has 1 unspecified atom stereocenters. The Bertz CT molecular complexity index is 1730. The highest BCUT2D eigenvalue weighted by atomic mass is 32.2. The lowest BCUT2D eigenvalue weighted by atomic mass is 10.1. The third-order valence-corrected chi connectivity index (χ3v) is 7.97. The highest BCUT2D eigenvalue weighted by Gasteiger charge is 2.40. The summed E-state index contributed by atoms with van der Waals surface area (Å²) < 4.78 is 64.3. The van der Waals surface area contributed by atoms with Crippen LogP contribution in [0.25, 0.3) is 0 Å². The number of alkyl carbamates (subject to hydrolysis) is 1. The van der Waals surface area contributed by atoms with Crippen molar-refractivity contribution in [1.82, 2.24) is 10.2 Å². The molecule has 0 saturated carbocycles. The van der Waals surface area contributed by atoms with E-state index in [1.54, 1.807) is 48.5 Å². The SMILES string of the molecule is C[C@H](NC(=O)OCc1ccccc1)C(=O)Nc1ccc(C2SC(=Nc3ccc(F)c(C(F)(F)F)c3)N(Cc3ccco3)C2=O)cc1. The molecule has 1 aromatic heterocycles. The lowest BCUT2D eigenvalue weighted by Gasteiger charge is -2.16. The Balaban J connectivity index is 1.26. The second-order valence-corrected chi connectivity index (χ2v) is 11.2. The summed E-state index contributed by atoms with van der Waals surface area (Å²) >= 11 is 1.01. The zero-order valence-electron chi connectivity index (χ0n) is 24.1. The van der Waals surface area contributed by atoms with Gasteiger partial charge in [0, 0.05) is 5.69 Å². The number of thioether (sulfide) groups is 1. The summed E-state index contributed by atoms with van der Waals surface area (Å²) in [5, 5.41) is 4.43. The Morgan fingerprint density at radius 1 is 1.04 bits per heavy atom. The normalized spacial score (nSPS) is 16.4. The van der Waals surface area contributed by atoms with E-state index in [0.717, 1.165) is 23.4 Å². The van der Waals surface area contributed by atoms with Crippen LogP contribution in [0.1, 0.15) is 34.6 Å². The summed E-state index contributed by atoms with van der Waals surface area (Å²) in [6.07, 6.45) is -4.26. The molecule has 0 spiro atoms. The number of halogens is 4. The summed E-state index contributed by atoms with van der Waals surface area (Å²) in [4.78, 5) is 43.9. The Labute approximate surface area is 264 Å². The molecule has 14 heteroatoms. The number of anilines is 1. The van der Waals surface area contributed by atoms with E-state index < -0.39 is 46.8 Å². The minimum absolute atomic E-state index is 0.0334. The topological polar surface area (TPSA) is 113 Å². The maximum Gasteiger partial charge on any atom is 0.419 e. The van der Waals surface area contributed by atoms with Gasteiger partial charge >= 0.3 is 12.3 Å². The summed E-state index contributed by atoms with van der Waals surface area (Å²) in [6.45, 7) is 1.51. The van der Waals surface area contributed by atoms with Crippen LogP contribution in [0.5, 0.6) is 0 Å². The number of rotatable bonds is 9. The number of carbonyl (C=O) groups is 3. The Kier molecular flexibility index (Phi) is 9.75. The Hall–Kier alpha value is -5.11. The van der Waals surface area contributed by atoms with Crippen molar-refractivity contribution in [2.75, 3.05) is 5.32 Å². The van der Waals surface area contributed by atoms with Gasteiger partial charge in [0.15, 0.2) is 5.17 Å². The van der Waals surface area contributed by atoms with Crippen LogP contribution < -0.4 is 10.6 Å². The molecule has 5 rings (SSSR count). The second-order valence-electron chi connectivity index (χ2n) is 10.1. The number of hydrogen-bond donors (Lipinski definition) is 2. The number of nitrogens with one attached hydrogen (secondary N) is 2. The number of alkyl halides is 3. The average molecular weight is 655 g/mol. The summed E-state index contributed by atoms with van der Waals surface area (Å²) in [5.41, 5.74) is 0.0707. The average Bonchev–Trinajstić information content (AvgIpc) is 3.65. The van der Waals surface area contributed by atoms with Crippen molar-refractivity contribution in [3.63, 3.8) is 0 Å². The number of nitrogens with zero attached hydrogens (tertiary/aromatic N) is 2. The van der Waals surface area contributed by atoms with Crippen molar-refractivity contribution in [2.45, 2.75) is 37.5 Å². The maximum absolute atomic E-state index is 13.9. The van der Waals surface area contributed by atoms with Crippen molar-refractivity contribution in [1.29, 1.82) is 0 Å². The van der Waals surface area contributed by atoms with E-state index in [1.807, 2.05) is 18.2 Å². The van der Waals surface area contributed by atoms with Crippen molar-refractivity contribution < 1.29 is 41.1 Å². The smallest absolute Gasteiger partial charge is 0.419 e.